The number of nitrogens with one attached hydrogen (secondary N) is 1. The number of nitrogens with zero attached hydrogens (tertiary/aromatic N) is 4. The topological polar surface area (TPSA) is 81.0 Å². The molecule has 1 aromatic rings. The van der Waals surface area contributed by atoms with E-state index >= 15 is 0 Å². The number of benzene rings is 1. The highest BCUT2D eigenvalue weighted by Crippen LogP contribution is 2.31. The molecule has 2 heterocycles. The Morgan fingerprint density at radius 1 is 1.50 bits per heavy atom. The first kappa shape index (κ1) is 21.8. The van der Waals surface area contributed by atoms with Gasteiger partial charge in [-0.25, -0.2) is 4.39 Å². The average Bonchev–Trinajstić information content (AvgIpc) is 3.34. The largest absolute Gasteiger partial charge is 0.501 e. The first-order valence-electron chi connectivity index (χ1n) is 10.1. The van der Waals surface area contributed by atoms with Crippen molar-refractivity contribution in [3.8, 4) is 6.07 Å². The number of ether oxygens (including phenoxy) is 1. The normalized spacial score (nSPS) is 24.5. The molecule has 1 amide bonds. The van der Waals surface area contributed by atoms with Crippen LogP contribution in [0.3, 0.4) is 0 Å². The van der Waals surface area contributed by atoms with Crippen molar-refractivity contribution in [2.45, 2.75) is 38.0 Å². The zero-order valence-corrected chi connectivity index (χ0v) is 17.5. The summed E-state index contributed by atoms with van der Waals surface area (Å²) in [6, 6.07) is 7.34. The Morgan fingerprint density at radius 2 is 2.30 bits per heavy atom. The lowest BCUT2D eigenvalue weighted by atomic mass is 10.1. The minimum Gasteiger partial charge on any atom is -0.501 e. The standard InChI is InChI=1S/C22H28FN5O2/c1-15(30-3)9-19-20(25-2)5-4-6-21(19)26-17-7-8-27(13-17)14-22(29)28-12-16(23)10-18(28)11-24/h4-6,9,16-18,26H,2,7-8,10,12-14H2,1,3H3/b15-9+/t16-,17+,18-/m0/s1. The van der Waals surface area contributed by atoms with Crippen LogP contribution in [0.25, 0.3) is 6.08 Å². The molecule has 0 aliphatic carbocycles. The van der Waals surface area contributed by atoms with E-state index in [1.807, 2.05) is 42.2 Å². The second-order valence-electron chi connectivity index (χ2n) is 7.74. The van der Waals surface area contributed by atoms with Crippen molar-refractivity contribution in [2.24, 2.45) is 4.99 Å². The second kappa shape index (κ2) is 9.72. The molecule has 7 nitrogen and oxygen atoms in total. The molecular weight excluding hydrogens is 385 g/mol. The summed E-state index contributed by atoms with van der Waals surface area (Å²) in [5.41, 5.74) is 2.60. The number of aliphatic imine (C=N–C) groups is 1. The van der Waals surface area contributed by atoms with Gasteiger partial charge in [-0.1, -0.05) is 6.07 Å². The number of halogens is 1. The smallest absolute Gasteiger partial charge is 0.237 e. The summed E-state index contributed by atoms with van der Waals surface area (Å²) < 4.78 is 18.9. The monoisotopic (exact) mass is 413 g/mol. The minimum atomic E-state index is -1.11. The van der Waals surface area contributed by atoms with Crippen LogP contribution < -0.4 is 5.32 Å². The van der Waals surface area contributed by atoms with Crippen molar-refractivity contribution >= 4 is 30.1 Å². The number of allylic oxidation sites excluding steroid dienone is 1. The zero-order valence-electron chi connectivity index (χ0n) is 17.5. The molecule has 2 aliphatic rings. The molecule has 0 radical (unpaired) electrons. The van der Waals surface area contributed by atoms with Gasteiger partial charge in [-0.3, -0.25) is 14.7 Å². The molecule has 0 spiro atoms. The Balaban J connectivity index is 1.64. The van der Waals surface area contributed by atoms with Gasteiger partial charge < -0.3 is 15.0 Å². The fourth-order valence-corrected chi connectivity index (χ4v) is 4.01. The number of rotatable bonds is 7. The third-order valence-corrected chi connectivity index (χ3v) is 5.63. The number of hydrogen-bond acceptors (Lipinski definition) is 6. The quantitative estimate of drug-likeness (QED) is 0.549. The van der Waals surface area contributed by atoms with Crippen LogP contribution >= 0.6 is 0 Å². The number of carbonyl (C=O) groups excluding carboxylic acids is 1. The third kappa shape index (κ3) is 4.97. The van der Waals surface area contributed by atoms with Gasteiger partial charge in [0.1, 0.15) is 12.2 Å². The third-order valence-electron chi connectivity index (χ3n) is 5.63. The van der Waals surface area contributed by atoms with Gasteiger partial charge in [-0.2, -0.15) is 5.26 Å². The maximum absolute atomic E-state index is 13.6. The van der Waals surface area contributed by atoms with Crippen LogP contribution in [0.1, 0.15) is 25.3 Å². The molecule has 3 rings (SSSR count). The van der Waals surface area contributed by atoms with E-state index in [9.17, 15) is 9.18 Å². The summed E-state index contributed by atoms with van der Waals surface area (Å²) in [7, 11) is 1.62. The molecule has 0 unspecified atom stereocenters. The summed E-state index contributed by atoms with van der Waals surface area (Å²) in [5.74, 6) is 0.580. The number of nitriles is 1. The number of carbonyl (C=O) groups is 1. The molecule has 1 aromatic carbocycles. The second-order valence-corrected chi connectivity index (χ2v) is 7.74. The molecule has 30 heavy (non-hydrogen) atoms. The van der Waals surface area contributed by atoms with Gasteiger partial charge >= 0.3 is 0 Å². The number of hydrogen-bond donors (Lipinski definition) is 1. The Kier molecular flexibility index (Phi) is 7.06. The van der Waals surface area contributed by atoms with Crippen molar-refractivity contribution in [2.75, 3.05) is 38.6 Å². The summed E-state index contributed by atoms with van der Waals surface area (Å²) in [6.07, 6.45) is 1.79. The van der Waals surface area contributed by atoms with E-state index < -0.39 is 12.2 Å². The van der Waals surface area contributed by atoms with E-state index in [1.54, 1.807) is 7.11 Å². The van der Waals surface area contributed by atoms with Crippen LogP contribution in [0, 0.1) is 11.3 Å². The fraction of sp³-hybridized carbons (Fsp3) is 0.500. The number of methoxy groups -OCH3 is 1. The predicted molar refractivity (Wildman–Crippen MR) is 115 cm³/mol. The highest BCUT2D eigenvalue weighted by atomic mass is 19.1. The first-order valence-corrected chi connectivity index (χ1v) is 10.1. The summed E-state index contributed by atoms with van der Waals surface area (Å²) in [6.45, 7) is 7.19. The molecule has 0 bridgehead atoms. The summed E-state index contributed by atoms with van der Waals surface area (Å²) in [4.78, 5) is 20.1. The van der Waals surface area contributed by atoms with Crippen LogP contribution in [-0.2, 0) is 9.53 Å². The molecule has 3 atom stereocenters. The van der Waals surface area contributed by atoms with E-state index in [-0.39, 0.29) is 31.5 Å². The SMILES string of the molecule is C=Nc1cccc(N[C@@H]2CCN(CC(=O)N3C[C@@H](F)C[C@H]3C#N)C2)c1/C=C(\C)OC. The summed E-state index contributed by atoms with van der Waals surface area (Å²) in [5, 5.41) is 12.7. The van der Waals surface area contributed by atoms with Crippen LogP contribution in [0.2, 0.25) is 0 Å². The lowest BCUT2D eigenvalue weighted by Crippen LogP contribution is -2.42. The van der Waals surface area contributed by atoms with Gasteiger partial charge in [0.15, 0.2) is 0 Å². The van der Waals surface area contributed by atoms with Crippen LogP contribution in [0.5, 0.6) is 0 Å². The van der Waals surface area contributed by atoms with Gasteiger partial charge in [0, 0.05) is 36.8 Å². The molecule has 2 aliphatic heterocycles. The Labute approximate surface area is 176 Å². The first-order chi connectivity index (χ1) is 14.4. The van der Waals surface area contributed by atoms with Crippen molar-refractivity contribution < 1.29 is 13.9 Å². The van der Waals surface area contributed by atoms with Gasteiger partial charge in [0.25, 0.3) is 0 Å². The number of alkyl halides is 1. The van der Waals surface area contributed by atoms with Gasteiger partial charge in [-0.05, 0) is 38.3 Å². The highest BCUT2D eigenvalue weighted by Gasteiger charge is 2.36. The Bertz CT molecular complexity index is 866. The molecule has 1 N–H and O–H groups in total. The number of likely N-dealkylation sites (tertiary alicyclic amines) is 2. The van der Waals surface area contributed by atoms with E-state index in [1.165, 1.54) is 4.90 Å². The van der Waals surface area contributed by atoms with Crippen LogP contribution in [0.4, 0.5) is 15.8 Å². The Hall–Kier alpha value is -2.92. The van der Waals surface area contributed by atoms with Crippen LogP contribution in [0.15, 0.2) is 29.0 Å². The number of amides is 1. The number of anilines is 1. The maximum Gasteiger partial charge on any atom is 0.237 e. The molecular formula is C22H28FN5O2. The molecule has 160 valence electrons. The van der Waals surface area contributed by atoms with Gasteiger partial charge in [0.2, 0.25) is 5.91 Å². The van der Waals surface area contributed by atoms with E-state index in [2.05, 4.69) is 17.0 Å². The maximum atomic E-state index is 13.6. The molecule has 8 heteroatoms. The van der Waals surface area contributed by atoms with Crippen molar-refractivity contribution in [1.29, 1.82) is 5.26 Å². The van der Waals surface area contributed by atoms with Crippen molar-refractivity contribution in [3.05, 3.63) is 29.5 Å². The molecule has 0 saturated carbocycles. The van der Waals surface area contributed by atoms with Gasteiger partial charge in [-0.15, -0.1) is 0 Å². The van der Waals surface area contributed by atoms with Crippen molar-refractivity contribution in [1.82, 2.24) is 9.80 Å². The minimum absolute atomic E-state index is 0.0163. The van der Waals surface area contributed by atoms with Gasteiger partial charge in [0.05, 0.1) is 37.7 Å². The highest BCUT2D eigenvalue weighted by molar-refractivity contribution is 5.80. The van der Waals surface area contributed by atoms with E-state index in [0.717, 1.165) is 35.7 Å². The lowest BCUT2D eigenvalue weighted by molar-refractivity contribution is -0.132. The fourth-order valence-electron chi connectivity index (χ4n) is 4.01. The Morgan fingerprint density at radius 3 is 3.00 bits per heavy atom. The van der Waals surface area contributed by atoms with Crippen molar-refractivity contribution in [3.63, 3.8) is 0 Å². The van der Waals surface area contributed by atoms with E-state index in [4.69, 9.17) is 10.00 Å². The molecule has 2 saturated heterocycles. The van der Waals surface area contributed by atoms with E-state index in [0.29, 0.717) is 6.54 Å². The molecule has 0 aromatic heterocycles. The summed E-state index contributed by atoms with van der Waals surface area (Å²) >= 11 is 0. The van der Waals surface area contributed by atoms with Crippen LogP contribution in [-0.4, -0.2) is 74.0 Å². The molecule has 2 fully saturated rings. The predicted octanol–water partition coefficient (Wildman–Crippen LogP) is 2.97. The zero-order chi connectivity index (χ0) is 21.7. The lowest BCUT2D eigenvalue weighted by Gasteiger charge is -2.23. The average molecular weight is 413 g/mol.